The van der Waals surface area contributed by atoms with Crippen LogP contribution in [0.1, 0.15) is 62.8 Å². The fourth-order valence-corrected chi connectivity index (χ4v) is 5.79. The SMILES string of the molecule is C=Cc1cc[n+](CCCCCCn2cc[n+](CCCCCCn3cc[n+](C)c3/C=N\N(C)c3ccccc3)c2)cc1.CN(C)c1ccccc1. The maximum Gasteiger partial charge on any atom is 0.301 e. The largest absolute Gasteiger partial charge is 0.378 e. The van der Waals surface area contributed by atoms with Gasteiger partial charge in [0.1, 0.15) is 37.5 Å². The molecule has 0 radical (unpaired) electrons. The van der Waals surface area contributed by atoms with Crippen LogP contribution in [0.15, 0.2) is 128 Å². The lowest BCUT2D eigenvalue weighted by Crippen LogP contribution is -2.32. The first-order valence-corrected chi connectivity index (χ1v) is 18.2. The minimum absolute atomic E-state index is 1.01. The molecule has 5 rings (SSSR count). The van der Waals surface area contributed by atoms with Gasteiger partial charge in [0.15, 0.2) is 12.4 Å². The van der Waals surface area contributed by atoms with Gasteiger partial charge in [-0.1, -0.05) is 49.1 Å². The molecular weight excluding hydrogens is 617 g/mol. The molecule has 0 aliphatic carbocycles. The number of anilines is 2. The van der Waals surface area contributed by atoms with Crippen LogP contribution in [0.2, 0.25) is 0 Å². The van der Waals surface area contributed by atoms with E-state index >= 15 is 0 Å². The van der Waals surface area contributed by atoms with Gasteiger partial charge >= 0.3 is 5.82 Å². The predicted octanol–water partition coefficient (Wildman–Crippen LogP) is 7.08. The molecule has 3 aromatic heterocycles. The maximum absolute atomic E-state index is 4.66. The highest BCUT2D eigenvalue weighted by Crippen LogP contribution is 2.11. The molecule has 2 aromatic carbocycles. The van der Waals surface area contributed by atoms with Crippen LogP contribution in [0, 0.1) is 0 Å². The number of hydrogen-bond donors (Lipinski definition) is 0. The highest BCUT2D eigenvalue weighted by molar-refractivity contribution is 5.74. The molecule has 264 valence electrons. The van der Waals surface area contributed by atoms with Crippen LogP contribution in [0.3, 0.4) is 0 Å². The number of benzene rings is 2. The maximum atomic E-state index is 4.66. The zero-order valence-corrected chi connectivity index (χ0v) is 30.9. The number of aryl methyl sites for hydroxylation is 5. The Morgan fingerprint density at radius 3 is 1.88 bits per heavy atom. The van der Waals surface area contributed by atoms with Crippen molar-refractivity contribution in [2.45, 2.75) is 77.5 Å². The van der Waals surface area contributed by atoms with Gasteiger partial charge in [0, 0.05) is 45.4 Å². The number of para-hydroxylation sites is 2. The Morgan fingerprint density at radius 1 is 0.660 bits per heavy atom. The third kappa shape index (κ3) is 13.1. The number of aromatic nitrogens is 5. The summed E-state index contributed by atoms with van der Waals surface area (Å²) in [4.78, 5) is 2.08. The topological polar surface area (TPSA) is 40.3 Å². The Labute approximate surface area is 300 Å². The molecule has 0 fully saturated rings. The molecule has 0 aliphatic heterocycles. The monoisotopic (exact) mass is 675 g/mol. The molecule has 8 nitrogen and oxygen atoms in total. The summed E-state index contributed by atoms with van der Waals surface area (Å²) < 4.78 is 11.4. The minimum Gasteiger partial charge on any atom is -0.378 e. The van der Waals surface area contributed by atoms with E-state index in [-0.39, 0.29) is 0 Å². The first-order valence-electron chi connectivity index (χ1n) is 18.2. The Balaban J connectivity index is 0.000000541. The lowest BCUT2D eigenvalue weighted by atomic mass is 10.2. The average Bonchev–Trinajstić information content (AvgIpc) is 3.76. The van der Waals surface area contributed by atoms with Gasteiger partial charge in [-0.2, -0.15) is 5.10 Å². The van der Waals surface area contributed by atoms with Crippen molar-refractivity contribution >= 4 is 23.7 Å². The summed E-state index contributed by atoms with van der Waals surface area (Å²) in [5.41, 5.74) is 3.50. The predicted molar refractivity (Wildman–Crippen MR) is 207 cm³/mol. The third-order valence-corrected chi connectivity index (χ3v) is 8.92. The van der Waals surface area contributed by atoms with Crippen LogP contribution in [0.4, 0.5) is 11.4 Å². The van der Waals surface area contributed by atoms with Gasteiger partial charge in [0.05, 0.1) is 32.4 Å². The smallest absolute Gasteiger partial charge is 0.301 e. The van der Waals surface area contributed by atoms with E-state index in [4.69, 9.17) is 0 Å². The Morgan fingerprint density at radius 2 is 1.26 bits per heavy atom. The first-order chi connectivity index (χ1) is 24.4. The van der Waals surface area contributed by atoms with Crippen LogP contribution in [0.5, 0.6) is 0 Å². The molecule has 50 heavy (non-hydrogen) atoms. The summed E-state index contributed by atoms with van der Waals surface area (Å²) in [6, 6.07) is 24.7. The lowest BCUT2D eigenvalue weighted by molar-refractivity contribution is -0.697. The number of unbranched alkanes of at least 4 members (excludes halogenated alkanes) is 6. The summed E-state index contributed by atoms with van der Waals surface area (Å²) in [6.45, 7) is 8.12. The van der Waals surface area contributed by atoms with Crippen LogP contribution in [-0.2, 0) is 33.2 Å². The molecule has 3 heterocycles. The summed E-state index contributed by atoms with van der Waals surface area (Å²) in [5.74, 6) is 1.11. The second-order valence-corrected chi connectivity index (χ2v) is 13.1. The summed E-state index contributed by atoms with van der Waals surface area (Å²) >= 11 is 0. The van der Waals surface area contributed by atoms with Gasteiger partial charge in [-0.05, 0) is 74.8 Å². The Hall–Kier alpha value is -4.98. The van der Waals surface area contributed by atoms with Crippen molar-refractivity contribution in [1.29, 1.82) is 0 Å². The van der Waals surface area contributed by atoms with E-state index < -0.39 is 0 Å². The second-order valence-electron chi connectivity index (χ2n) is 13.1. The van der Waals surface area contributed by atoms with Gasteiger partial charge in [0.2, 0.25) is 6.33 Å². The van der Waals surface area contributed by atoms with E-state index in [1.54, 1.807) is 0 Å². The van der Waals surface area contributed by atoms with Crippen LogP contribution >= 0.6 is 0 Å². The lowest BCUT2D eigenvalue weighted by Gasteiger charge is -2.11. The van der Waals surface area contributed by atoms with E-state index in [1.165, 1.54) is 62.6 Å². The number of pyridine rings is 1. The van der Waals surface area contributed by atoms with E-state index in [0.717, 1.165) is 37.7 Å². The minimum atomic E-state index is 1.01. The van der Waals surface area contributed by atoms with Gasteiger partial charge in [0.25, 0.3) is 0 Å². The molecule has 0 N–H and O–H groups in total. The first kappa shape index (κ1) is 37.8. The van der Waals surface area contributed by atoms with Gasteiger partial charge in [-0.25, -0.2) is 22.8 Å². The number of hydrogen-bond acceptors (Lipinski definition) is 3. The van der Waals surface area contributed by atoms with E-state index in [9.17, 15) is 0 Å². The standard InChI is InChI=1S/C34H48N7.C8H11N/c1-4-32-18-24-38(25-19-32)20-12-5-6-13-21-39-27-28-40(31-39)22-14-7-8-15-23-41-29-26-36(2)34(41)30-35-37(3)33-16-10-9-11-17-33;1-9(2)8-6-4-3-5-7-8/h4,9-11,16-19,24-31H,1,5-8,12-15,20-23H2,2-3H3;3-7H,1-2H3/q+3;. The second kappa shape index (κ2) is 21.2. The fraction of sp³-hybridized carbons (Fsp3) is 0.381. The zero-order chi connectivity index (χ0) is 35.4. The van der Waals surface area contributed by atoms with Crippen LogP contribution in [-0.4, -0.2) is 36.5 Å². The van der Waals surface area contributed by atoms with Crippen LogP contribution < -0.4 is 23.6 Å². The molecule has 0 spiro atoms. The molecule has 0 atom stereocenters. The number of rotatable bonds is 19. The molecule has 0 aliphatic rings. The highest BCUT2D eigenvalue weighted by Gasteiger charge is 2.12. The van der Waals surface area contributed by atoms with Crippen molar-refractivity contribution in [3.05, 3.63) is 134 Å². The normalized spacial score (nSPS) is 11.0. The van der Waals surface area contributed by atoms with E-state index in [2.05, 4.69) is 126 Å². The summed E-state index contributed by atoms with van der Waals surface area (Å²) in [6.07, 6.45) is 29.0. The van der Waals surface area contributed by atoms with E-state index in [0.29, 0.717) is 0 Å². The zero-order valence-electron chi connectivity index (χ0n) is 30.9. The fourth-order valence-electron chi connectivity index (χ4n) is 5.79. The molecule has 0 saturated carbocycles. The Kier molecular flexibility index (Phi) is 16.0. The molecule has 0 amide bonds. The third-order valence-electron chi connectivity index (χ3n) is 8.92. The van der Waals surface area contributed by atoms with Crippen molar-refractivity contribution in [1.82, 2.24) is 9.13 Å². The van der Waals surface area contributed by atoms with Crippen molar-refractivity contribution in [2.24, 2.45) is 12.1 Å². The van der Waals surface area contributed by atoms with E-state index in [1.807, 2.05) is 74.8 Å². The summed E-state index contributed by atoms with van der Waals surface area (Å²) in [7, 11) is 8.14. The van der Waals surface area contributed by atoms with Crippen molar-refractivity contribution in [2.75, 3.05) is 31.1 Å². The van der Waals surface area contributed by atoms with Crippen molar-refractivity contribution < 1.29 is 13.7 Å². The molecule has 0 unspecified atom stereocenters. The van der Waals surface area contributed by atoms with Gasteiger partial charge < -0.3 is 4.90 Å². The van der Waals surface area contributed by atoms with Gasteiger partial charge in [-0.3, -0.25) is 5.01 Å². The van der Waals surface area contributed by atoms with Crippen molar-refractivity contribution in [3.8, 4) is 0 Å². The molecule has 0 bridgehead atoms. The van der Waals surface area contributed by atoms with Crippen LogP contribution in [0.25, 0.3) is 6.08 Å². The molecule has 0 saturated heterocycles. The average molecular weight is 676 g/mol. The molecule has 8 heteroatoms. The number of imidazole rings is 2. The van der Waals surface area contributed by atoms with Crippen molar-refractivity contribution in [3.63, 3.8) is 0 Å². The Bertz CT molecular complexity index is 1670. The number of hydrazone groups is 1. The molecule has 5 aromatic rings. The highest BCUT2D eigenvalue weighted by atomic mass is 15.4. The van der Waals surface area contributed by atoms with Gasteiger partial charge in [-0.15, -0.1) is 0 Å². The summed E-state index contributed by atoms with van der Waals surface area (Å²) in [5, 5.41) is 6.57. The number of nitrogens with zero attached hydrogens (tertiary/aromatic N) is 8. The quantitative estimate of drug-likeness (QED) is 0.0407. The molecular formula is C42H59N8+3.